The van der Waals surface area contributed by atoms with Crippen LogP contribution < -0.4 is 4.59 Å². The van der Waals surface area contributed by atoms with E-state index in [1.807, 2.05) is 36.4 Å². The zero-order chi connectivity index (χ0) is 10.3. The monoisotopic (exact) mass is 235 g/mol. The minimum atomic E-state index is 0.791. The maximum absolute atomic E-state index is 4.45. The van der Waals surface area contributed by atoms with Crippen LogP contribution in [0.5, 0.6) is 0 Å². The van der Waals surface area contributed by atoms with Gasteiger partial charge >= 0.3 is 95.0 Å². The summed E-state index contributed by atoms with van der Waals surface area (Å²) < 4.78 is 0.791. The molecule has 1 aromatic carbocycles. The number of nitrogens with zero attached hydrogens (tertiary/aromatic N) is 2. The van der Waals surface area contributed by atoms with Crippen LogP contribution >= 0.6 is 0 Å². The second kappa shape index (κ2) is 3.30. The van der Waals surface area contributed by atoms with Gasteiger partial charge in [0.2, 0.25) is 0 Å². The molecule has 2 aromatic heterocycles. The molecule has 0 atom stereocenters. The Morgan fingerprint density at radius 2 is 1.87 bits per heavy atom. The summed E-state index contributed by atoms with van der Waals surface area (Å²) in [7, 11) is 0. The molecule has 0 N–H and O–H groups in total. The van der Waals surface area contributed by atoms with E-state index in [9.17, 15) is 0 Å². The van der Waals surface area contributed by atoms with Crippen molar-refractivity contribution in [3.05, 3.63) is 42.6 Å². The molecule has 3 heteroatoms. The van der Waals surface area contributed by atoms with Crippen LogP contribution in [0.1, 0.15) is 0 Å². The van der Waals surface area contributed by atoms with Crippen LogP contribution in [0, 0.1) is 0 Å². The van der Waals surface area contributed by atoms with Gasteiger partial charge in [0, 0.05) is 0 Å². The van der Waals surface area contributed by atoms with Gasteiger partial charge in [-0.2, -0.15) is 0 Å². The Balaban J connectivity index is 2.57. The van der Waals surface area contributed by atoms with E-state index in [1.165, 1.54) is 0 Å². The van der Waals surface area contributed by atoms with Crippen molar-refractivity contribution in [1.82, 2.24) is 9.97 Å². The quantitative estimate of drug-likeness (QED) is 0.439. The number of hydrogen-bond acceptors (Lipinski definition) is 2. The van der Waals surface area contributed by atoms with Crippen LogP contribution in [-0.2, 0) is 16.0 Å². The molecule has 0 saturated heterocycles. The number of aromatic nitrogens is 2. The van der Waals surface area contributed by atoms with Gasteiger partial charge in [0.1, 0.15) is 0 Å². The molecule has 0 aliphatic carbocycles. The molecule has 0 radical (unpaired) electrons. The molecule has 15 heavy (non-hydrogen) atoms. The Kier molecular flexibility index (Phi) is 1.94. The van der Waals surface area contributed by atoms with Crippen molar-refractivity contribution in [3.8, 4) is 0 Å². The Hall–Kier alpha value is -1.44. The van der Waals surface area contributed by atoms with Gasteiger partial charge in [-0.1, -0.05) is 0 Å². The standard InChI is InChI=1S/C12H7N2.Fe/c1-3-9-5-6-11-10(4-2-7-13-11)12(9)14-8-1;/h1-7H;. The summed E-state index contributed by atoms with van der Waals surface area (Å²) in [6.45, 7) is 0. The topological polar surface area (TPSA) is 25.8 Å². The fraction of sp³-hybridized carbons (Fsp3) is 0. The third-order valence-electron chi connectivity index (χ3n) is 2.40. The summed E-state index contributed by atoms with van der Waals surface area (Å²) in [5.41, 5.74) is 1.95. The van der Waals surface area contributed by atoms with E-state index >= 15 is 0 Å². The predicted molar refractivity (Wildman–Crippen MR) is 56.7 cm³/mol. The third-order valence-corrected chi connectivity index (χ3v) is 2.71. The van der Waals surface area contributed by atoms with Gasteiger partial charge < -0.3 is 0 Å². The average molecular weight is 235 g/mol. The van der Waals surface area contributed by atoms with E-state index in [2.05, 4.69) is 26.0 Å². The molecule has 0 saturated carbocycles. The van der Waals surface area contributed by atoms with Gasteiger partial charge in [-0.25, -0.2) is 0 Å². The van der Waals surface area contributed by atoms with Crippen molar-refractivity contribution < 1.29 is 16.0 Å². The van der Waals surface area contributed by atoms with Crippen molar-refractivity contribution in [2.24, 2.45) is 0 Å². The van der Waals surface area contributed by atoms with Gasteiger partial charge in [-0.05, 0) is 0 Å². The molecule has 73 valence electrons. The Labute approximate surface area is 95.2 Å². The van der Waals surface area contributed by atoms with Crippen molar-refractivity contribution in [2.75, 3.05) is 0 Å². The SMILES string of the molecule is [Fe][c]1ccc2ccc3ncccc3c2n1. The zero-order valence-electron chi connectivity index (χ0n) is 7.79. The van der Waals surface area contributed by atoms with E-state index in [0.717, 1.165) is 26.4 Å². The Bertz CT molecular complexity index is 649. The Morgan fingerprint density at radius 1 is 1.00 bits per heavy atom. The zero-order valence-corrected chi connectivity index (χ0v) is 8.89. The molecular formula is C12H7FeN2. The van der Waals surface area contributed by atoms with E-state index in [1.54, 1.807) is 6.20 Å². The van der Waals surface area contributed by atoms with Crippen molar-refractivity contribution in [1.29, 1.82) is 0 Å². The molecule has 0 aliphatic heterocycles. The summed E-state index contributed by atoms with van der Waals surface area (Å²) in [4.78, 5) is 8.75. The molecular weight excluding hydrogens is 228 g/mol. The fourth-order valence-corrected chi connectivity index (χ4v) is 1.93. The second-order valence-corrected chi connectivity index (χ2v) is 3.89. The summed E-state index contributed by atoms with van der Waals surface area (Å²) in [6.07, 6.45) is 1.79. The van der Waals surface area contributed by atoms with Gasteiger partial charge in [0.25, 0.3) is 0 Å². The molecule has 0 spiro atoms. The van der Waals surface area contributed by atoms with Crippen LogP contribution in [0.3, 0.4) is 0 Å². The first-order valence-electron chi connectivity index (χ1n) is 4.63. The summed E-state index contributed by atoms with van der Waals surface area (Å²) in [6, 6.07) is 12.0. The van der Waals surface area contributed by atoms with E-state index < -0.39 is 0 Å². The summed E-state index contributed by atoms with van der Waals surface area (Å²) >= 11 is 3.85. The Morgan fingerprint density at radius 3 is 2.80 bits per heavy atom. The number of fused-ring (bicyclic) bond motifs is 3. The van der Waals surface area contributed by atoms with Crippen LogP contribution in [0.15, 0.2) is 42.6 Å². The molecule has 2 heterocycles. The summed E-state index contributed by atoms with van der Waals surface area (Å²) in [5, 5.41) is 2.21. The molecule has 2 nitrogen and oxygen atoms in total. The van der Waals surface area contributed by atoms with Gasteiger partial charge in [-0.15, -0.1) is 0 Å². The van der Waals surface area contributed by atoms with Crippen molar-refractivity contribution >= 4 is 26.4 Å². The molecule has 0 bridgehead atoms. The second-order valence-electron chi connectivity index (χ2n) is 3.33. The van der Waals surface area contributed by atoms with E-state index in [0.29, 0.717) is 0 Å². The molecule has 0 unspecified atom stereocenters. The van der Waals surface area contributed by atoms with E-state index in [4.69, 9.17) is 0 Å². The van der Waals surface area contributed by atoms with E-state index in [-0.39, 0.29) is 0 Å². The van der Waals surface area contributed by atoms with Gasteiger partial charge in [0.15, 0.2) is 0 Å². The first-order chi connectivity index (χ1) is 7.34. The number of pyridine rings is 2. The molecule has 3 aromatic rings. The van der Waals surface area contributed by atoms with Crippen LogP contribution in [0.2, 0.25) is 0 Å². The van der Waals surface area contributed by atoms with Crippen molar-refractivity contribution in [3.63, 3.8) is 0 Å². The number of hydrogen-bond donors (Lipinski definition) is 0. The first kappa shape index (κ1) is 8.83. The number of benzene rings is 1. The minimum absolute atomic E-state index is 0.791. The maximum atomic E-state index is 4.45. The fourth-order valence-electron chi connectivity index (χ4n) is 1.71. The van der Waals surface area contributed by atoms with Gasteiger partial charge in [0.05, 0.1) is 0 Å². The van der Waals surface area contributed by atoms with Crippen LogP contribution in [-0.4, -0.2) is 9.97 Å². The summed E-state index contributed by atoms with van der Waals surface area (Å²) in [5.74, 6) is 0. The average Bonchev–Trinajstić information content (AvgIpc) is 2.29. The number of rotatable bonds is 0. The molecule has 3 rings (SSSR count). The normalized spacial score (nSPS) is 11.0. The van der Waals surface area contributed by atoms with Gasteiger partial charge in [-0.3, -0.25) is 0 Å². The van der Waals surface area contributed by atoms with Crippen LogP contribution in [0.4, 0.5) is 0 Å². The third kappa shape index (κ3) is 1.41. The molecule has 0 fully saturated rings. The van der Waals surface area contributed by atoms with Crippen LogP contribution in [0.25, 0.3) is 21.8 Å². The van der Waals surface area contributed by atoms with Crippen molar-refractivity contribution in [2.45, 2.75) is 0 Å². The molecule has 0 amide bonds. The molecule has 0 aliphatic rings. The first-order valence-corrected chi connectivity index (χ1v) is 5.18. The predicted octanol–water partition coefficient (Wildman–Crippen LogP) is 1.96.